The van der Waals surface area contributed by atoms with Crippen LogP contribution in [0, 0.1) is 5.92 Å². The summed E-state index contributed by atoms with van der Waals surface area (Å²) in [7, 11) is 0. The average Bonchev–Trinajstić information content (AvgIpc) is 2.08. The lowest BCUT2D eigenvalue weighted by molar-refractivity contribution is -0.141. The van der Waals surface area contributed by atoms with Gasteiger partial charge in [-0.25, -0.2) is 0 Å². The Labute approximate surface area is 103 Å². The lowest BCUT2D eigenvalue weighted by Gasteiger charge is -2.37. The fourth-order valence-electron chi connectivity index (χ4n) is 2.10. The summed E-state index contributed by atoms with van der Waals surface area (Å²) >= 11 is 0. The third-order valence-electron chi connectivity index (χ3n) is 3.35. The van der Waals surface area contributed by atoms with E-state index in [9.17, 15) is 9.59 Å². The second kappa shape index (κ2) is 5.52. The highest BCUT2D eigenvalue weighted by molar-refractivity contribution is 5.78. The van der Waals surface area contributed by atoms with Gasteiger partial charge in [0.05, 0.1) is 6.42 Å². The smallest absolute Gasteiger partial charge is 0.305 e. The van der Waals surface area contributed by atoms with E-state index < -0.39 is 5.97 Å². The number of rotatable bonds is 5. The Kier molecular flexibility index (Phi) is 4.54. The molecule has 1 aliphatic rings. The van der Waals surface area contributed by atoms with Gasteiger partial charge in [0, 0.05) is 18.5 Å². The minimum absolute atomic E-state index is 0.0215. The molecule has 0 spiro atoms. The monoisotopic (exact) mass is 241 g/mol. The molecule has 98 valence electrons. The molecular weight excluding hydrogens is 218 g/mol. The number of amides is 1. The van der Waals surface area contributed by atoms with Gasteiger partial charge in [0.15, 0.2) is 0 Å². The number of carbonyl (C=O) groups is 2. The van der Waals surface area contributed by atoms with Crippen molar-refractivity contribution in [2.75, 3.05) is 6.54 Å². The molecule has 0 aromatic heterocycles. The Balaban J connectivity index is 2.54. The van der Waals surface area contributed by atoms with Crippen LogP contribution in [0.25, 0.3) is 0 Å². The molecule has 1 amide bonds. The number of aliphatic carboxylic acids is 1. The van der Waals surface area contributed by atoms with Crippen LogP contribution < -0.4 is 0 Å². The van der Waals surface area contributed by atoms with Crippen molar-refractivity contribution in [2.45, 2.75) is 58.4 Å². The minimum atomic E-state index is -0.851. The van der Waals surface area contributed by atoms with Crippen molar-refractivity contribution in [3.8, 4) is 0 Å². The van der Waals surface area contributed by atoms with Crippen LogP contribution in [0.5, 0.6) is 0 Å². The number of carbonyl (C=O) groups excluding carboxylic acids is 1. The predicted molar refractivity (Wildman–Crippen MR) is 65.7 cm³/mol. The van der Waals surface area contributed by atoms with Crippen LogP contribution in [-0.2, 0) is 9.59 Å². The zero-order valence-corrected chi connectivity index (χ0v) is 11.0. The van der Waals surface area contributed by atoms with Crippen molar-refractivity contribution in [1.82, 2.24) is 4.90 Å². The van der Waals surface area contributed by atoms with E-state index in [0.717, 1.165) is 12.8 Å². The van der Waals surface area contributed by atoms with Crippen LogP contribution in [-0.4, -0.2) is 34.0 Å². The first-order chi connectivity index (χ1) is 7.80. The number of nitrogens with zero attached hydrogens (tertiary/aromatic N) is 1. The molecule has 1 N–H and O–H groups in total. The zero-order valence-electron chi connectivity index (χ0n) is 11.0. The molecule has 1 saturated carbocycles. The predicted octanol–water partition coefficient (Wildman–Crippen LogP) is 2.28. The first-order valence-electron chi connectivity index (χ1n) is 6.33. The SMILES string of the molecule is CC(C)(C)N(CCC(=O)O)C(=O)CC1CCC1. The first kappa shape index (κ1) is 14.0. The minimum Gasteiger partial charge on any atom is -0.481 e. The van der Waals surface area contributed by atoms with Crippen molar-refractivity contribution >= 4 is 11.9 Å². The lowest BCUT2D eigenvalue weighted by atomic mass is 9.82. The van der Waals surface area contributed by atoms with E-state index in [0.29, 0.717) is 18.9 Å². The van der Waals surface area contributed by atoms with Gasteiger partial charge >= 0.3 is 5.97 Å². The standard InChI is InChI=1S/C13H23NO3/c1-13(2,3)14(8-7-12(16)17)11(15)9-10-5-4-6-10/h10H,4-9H2,1-3H3,(H,16,17). The fraction of sp³-hybridized carbons (Fsp3) is 0.846. The maximum absolute atomic E-state index is 12.1. The summed E-state index contributed by atoms with van der Waals surface area (Å²) in [6, 6.07) is 0. The third kappa shape index (κ3) is 4.36. The maximum atomic E-state index is 12.1. The molecular formula is C13H23NO3. The van der Waals surface area contributed by atoms with Gasteiger partial charge in [-0.1, -0.05) is 6.42 Å². The van der Waals surface area contributed by atoms with E-state index >= 15 is 0 Å². The van der Waals surface area contributed by atoms with Gasteiger partial charge in [0.2, 0.25) is 5.91 Å². The van der Waals surface area contributed by atoms with Gasteiger partial charge in [0.1, 0.15) is 0 Å². The normalized spacial score (nSPS) is 16.4. The van der Waals surface area contributed by atoms with Gasteiger partial charge in [0.25, 0.3) is 0 Å². The zero-order chi connectivity index (χ0) is 13.1. The molecule has 4 heteroatoms. The first-order valence-corrected chi connectivity index (χ1v) is 6.33. The van der Waals surface area contributed by atoms with Gasteiger partial charge in [-0.05, 0) is 39.5 Å². The van der Waals surface area contributed by atoms with Crippen molar-refractivity contribution in [3.05, 3.63) is 0 Å². The Morgan fingerprint density at radius 3 is 2.24 bits per heavy atom. The number of hydrogen-bond donors (Lipinski definition) is 1. The molecule has 0 aromatic carbocycles. The van der Waals surface area contributed by atoms with Crippen LogP contribution in [0.3, 0.4) is 0 Å². The molecule has 17 heavy (non-hydrogen) atoms. The van der Waals surface area contributed by atoms with E-state index in [2.05, 4.69) is 0 Å². The largest absolute Gasteiger partial charge is 0.481 e. The highest BCUT2D eigenvalue weighted by Gasteiger charge is 2.30. The summed E-state index contributed by atoms with van der Waals surface area (Å²) in [6.45, 7) is 6.17. The quantitative estimate of drug-likeness (QED) is 0.803. The Morgan fingerprint density at radius 2 is 1.88 bits per heavy atom. The lowest BCUT2D eigenvalue weighted by Crippen LogP contribution is -2.47. The second-order valence-electron chi connectivity index (χ2n) is 5.86. The van der Waals surface area contributed by atoms with Crippen LogP contribution >= 0.6 is 0 Å². The topological polar surface area (TPSA) is 57.6 Å². The molecule has 1 rings (SSSR count). The van der Waals surface area contributed by atoms with Crippen molar-refractivity contribution < 1.29 is 14.7 Å². The summed E-state index contributed by atoms with van der Waals surface area (Å²) in [6.07, 6.45) is 4.11. The molecule has 0 atom stereocenters. The Morgan fingerprint density at radius 1 is 1.29 bits per heavy atom. The third-order valence-corrected chi connectivity index (χ3v) is 3.35. The van der Waals surface area contributed by atoms with Crippen LogP contribution in [0.15, 0.2) is 0 Å². The van der Waals surface area contributed by atoms with E-state index in [1.165, 1.54) is 6.42 Å². The van der Waals surface area contributed by atoms with Gasteiger partial charge in [-0.2, -0.15) is 0 Å². The molecule has 4 nitrogen and oxygen atoms in total. The molecule has 1 aliphatic carbocycles. The van der Waals surface area contributed by atoms with E-state index in [-0.39, 0.29) is 17.9 Å². The molecule has 0 aliphatic heterocycles. The summed E-state index contributed by atoms with van der Waals surface area (Å²) in [5.41, 5.74) is -0.295. The van der Waals surface area contributed by atoms with Gasteiger partial charge in [-0.15, -0.1) is 0 Å². The summed E-state index contributed by atoms with van der Waals surface area (Å²) in [5, 5.41) is 8.71. The number of carboxylic acid groups (broad SMARTS) is 1. The van der Waals surface area contributed by atoms with Crippen molar-refractivity contribution in [3.63, 3.8) is 0 Å². The van der Waals surface area contributed by atoms with Crippen LogP contribution in [0.4, 0.5) is 0 Å². The van der Waals surface area contributed by atoms with Crippen molar-refractivity contribution in [2.24, 2.45) is 5.92 Å². The van der Waals surface area contributed by atoms with E-state index in [1.807, 2.05) is 20.8 Å². The molecule has 0 unspecified atom stereocenters. The Bertz CT molecular complexity index is 290. The van der Waals surface area contributed by atoms with E-state index in [4.69, 9.17) is 5.11 Å². The maximum Gasteiger partial charge on any atom is 0.305 e. The highest BCUT2D eigenvalue weighted by atomic mass is 16.4. The number of hydrogen-bond acceptors (Lipinski definition) is 2. The molecule has 0 heterocycles. The molecule has 0 saturated heterocycles. The second-order valence-corrected chi connectivity index (χ2v) is 5.86. The summed E-state index contributed by atoms with van der Waals surface area (Å²) < 4.78 is 0. The molecule has 0 aromatic rings. The summed E-state index contributed by atoms with van der Waals surface area (Å²) in [4.78, 5) is 24.5. The molecule has 0 radical (unpaired) electrons. The van der Waals surface area contributed by atoms with Crippen LogP contribution in [0.1, 0.15) is 52.9 Å². The van der Waals surface area contributed by atoms with Gasteiger partial charge in [-0.3, -0.25) is 9.59 Å². The molecule has 0 bridgehead atoms. The van der Waals surface area contributed by atoms with Crippen molar-refractivity contribution in [1.29, 1.82) is 0 Å². The number of carboxylic acids is 1. The molecule has 1 fully saturated rings. The van der Waals surface area contributed by atoms with E-state index in [1.54, 1.807) is 4.90 Å². The fourth-order valence-corrected chi connectivity index (χ4v) is 2.10. The summed E-state index contributed by atoms with van der Waals surface area (Å²) in [5.74, 6) is -0.226. The highest BCUT2D eigenvalue weighted by Crippen LogP contribution is 2.30. The van der Waals surface area contributed by atoms with Crippen LogP contribution in [0.2, 0.25) is 0 Å². The Hall–Kier alpha value is -1.06. The van der Waals surface area contributed by atoms with Gasteiger partial charge < -0.3 is 10.0 Å². The average molecular weight is 241 g/mol.